The molecule has 0 aromatic rings. The van der Waals surface area contributed by atoms with Crippen LogP contribution in [0.2, 0.25) is 0 Å². The largest absolute Gasteiger partial charge is 0.481 e. The van der Waals surface area contributed by atoms with Crippen LogP contribution in [0.5, 0.6) is 0 Å². The number of hydrogen-bond acceptors (Lipinski definition) is 1. The number of hydrogen-bond donors (Lipinski definition) is 1. The Morgan fingerprint density at radius 1 is 1.36 bits per heavy atom. The summed E-state index contributed by atoms with van der Waals surface area (Å²) in [5, 5.41) is 8.57. The first-order valence-corrected chi connectivity index (χ1v) is 5.05. The molecule has 0 aromatic carbocycles. The first kappa shape index (κ1) is 9.87. The highest BCUT2D eigenvalue weighted by molar-refractivity contribution is 5.67. The van der Waals surface area contributed by atoms with Crippen LogP contribution in [0.4, 0.5) is 8.78 Å². The van der Waals surface area contributed by atoms with Gasteiger partial charge in [-0.2, -0.15) is 0 Å². The second-order valence-electron chi connectivity index (χ2n) is 4.70. The van der Waals surface area contributed by atoms with Crippen LogP contribution in [0, 0.1) is 11.3 Å². The molecule has 2 saturated carbocycles. The van der Waals surface area contributed by atoms with Gasteiger partial charge < -0.3 is 5.11 Å². The number of aliphatic carboxylic acids is 1. The minimum atomic E-state index is -2.46. The maximum atomic E-state index is 12.9. The van der Waals surface area contributed by atoms with E-state index in [1.54, 1.807) is 0 Å². The molecule has 0 atom stereocenters. The van der Waals surface area contributed by atoms with Gasteiger partial charge in [-0.15, -0.1) is 0 Å². The second kappa shape index (κ2) is 2.91. The molecule has 0 radical (unpaired) electrons. The Bertz CT molecular complexity index is 255. The molecule has 2 aliphatic carbocycles. The van der Waals surface area contributed by atoms with Crippen molar-refractivity contribution in [2.45, 2.75) is 44.4 Å². The Balaban J connectivity index is 1.85. The lowest BCUT2D eigenvalue weighted by Gasteiger charge is -2.27. The number of alkyl halides is 2. The van der Waals surface area contributed by atoms with E-state index in [1.165, 1.54) is 0 Å². The van der Waals surface area contributed by atoms with Crippen LogP contribution in [-0.2, 0) is 4.79 Å². The normalized spacial score (nSPS) is 39.7. The molecule has 0 unspecified atom stereocenters. The van der Waals surface area contributed by atoms with Crippen LogP contribution in [0.1, 0.15) is 38.5 Å². The smallest absolute Gasteiger partial charge is 0.303 e. The number of rotatable bonds is 2. The van der Waals surface area contributed by atoms with Gasteiger partial charge in [-0.25, -0.2) is 8.78 Å². The van der Waals surface area contributed by atoms with Gasteiger partial charge >= 0.3 is 5.97 Å². The molecule has 1 spiro atoms. The van der Waals surface area contributed by atoms with E-state index in [9.17, 15) is 13.6 Å². The van der Waals surface area contributed by atoms with Crippen molar-refractivity contribution in [3.05, 3.63) is 0 Å². The highest BCUT2D eigenvalue weighted by Gasteiger charge is 2.70. The van der Waals surface area contributed by atoms with Crippen LogP contribution >= 0.6 is 0 Å². The average molecular weight is 204 g/mol. The van der Waals surface area contributed by atoms with Crippen LogP contribution in [0.3, 0.4) is 0 Å². The van der Waals surface area contributed by atoms with Gasteiger partial charge in [0.2, 0.25) is 0 Å². The van der Waals surface area contributed by atoms with Gasteiger partial charge in [0.25, 0.3) is 5.92 Å². The highest BCUT2D eigenvalue weighted by Crippen LogP contribution is 2.68. The van der Waals surface area contributed by atoms with Gasteiger partial charge in [0.15, 0.2) is 0 Å². The summed E-state index contributed by atoms with van der Waals surface area (Å²) in [4.78, 5) is 10.4. The predicted molar refractivity (Wildman–Crippen MR) is 46.2 cm³/mol. The summed E-state index contributed by atoms with van der Waals surface area (Å²) in [6.07, 6.45) is 2.50. The standard InChI is InChI=1S/C10H14F2O2/c11-10(12)6-9(10)3-1-7(2-4-9)5-8(13)14/h7H,1-6H2,(H,13,14). The maximum Gasteiger partial charge on any atom is 0.303 e. The summed E-state index contributed by atoms with van der Waals surface area (Å²) in [7, 11) is 0. The first-order chi connectivity index (χ1) is 6.45. The zero-order chi connectivity index (χ0) is 10.4. The van der Waals surface area contributed by atoms with Gasteiger partial charge in [-0.05, 0) is 31.6 Å². The molecule has 4 heteroatoms. The van der Waals surface area contributed by atoms with Gasteiger partial charge in [-0.1, -0.05) is 0 Å². The Hall–Kier alpha value is -0.670. The van der Waals surface area contributed by atoms with E-state index in [0.29, 0.717) is 25.7 Å². The second-order valence-corrected chi connectivity index (χ2v) is 4.70. The van der Waals surface area contributed by atoms with Crippen LogP contribution in [0.15, 0.2) is 0 Å². The number of carboxylic acids is 1. The molecule has 0 heterocycles. The zero-order valence-corrected chi connectivity index (χ0v) is 7.93. The predicted octanol–water partition coefficient (Wildman–Crippen LogP) is 2.68. The summed E-state index contributed by atoms with van der Waals surface area (Å²) in [6, 6.07) is 0. The molecular weight excluding hydrogens is 190 g/mol. The molecule has 0 amide bonds. The summed E-state index contributed by atoms with van der Waals surface area (Å²) >= 11 is 0. The molecule has 2 fully saturated rings. The lowest BCUT2D eigenvalue weighted by atomic mass is 9.78. The Labute approximate surface area is 81.3 Å². The fourth-order valence-electron chi connectivity index (χ4n) is 2.60. The maximum absolute atomic E-state index is 12.9. The third-order valence-corrected chi connectivity index (χ3v) is 3.74. The Kier molecular flexibility index (Phi) is 2.05. The molecule has 2 nitrogen and oxygen atoms in total. The quantitative estimate of drug-likeness (QED) is 0.750. The average Bonchev–Trinajstić information content (AvgIpc) is 2.58. The zero-order valence-electron chi connectivity index (χ0n) is 7.93. The van der Waals surface area contributed by atoms with E-state index >= 15 is 0 Å². The number of carboxylic acid groups (broad SMARTS) is 1. The van der Waals surface area contributed by atoms with Gasteiger partial charge in [0.1, 0.15) is 0 Å². The van der Waals surface area contributed by atoms with Crippen molar-refractivity contribution < 1.29 is 18.7 Å². The van der Waals surface area contributed by atoms with Crippen molar-refractivity contribution in [1.29, 1.82) is 0 Å². The van der Waals surface area contributed by atoms with Crippen LogP contribution in [0.25, 0.3) is 0 Å². The van der Waals surface area contributed by atoms with Gasteiger partial charge in [0, 0.05) is 18.3 Å². The van der Waals surface area contributed by atoms with Crippen LogP contribution < -0.4 is 0 Å². The first-order valence-electron chi connectivity index (χ1n) is 5.05. The third kappa shape index (κ3) is 1.51. The monoisotopic (exact) mass is 204 g/mol. The fraction of sp³-hybridized carbons (Fsp3) is 0.900. The molecule has 0 aromatic heterocycles. The molecule has 14 heavy (non-hydrogen) atoms. The van der Waals surface area contributed by atoms with E-state index in [4.69, 9.17) is 5.11 Å². The van der Waals surface area contributed by atoms with Crippen molar-refractivity contribution in [1.82, 2.24) is 0 Å². The van der Waals surface area contributed by atoms with Gasteiger partial charge in [-0.3, -0.25) is 4.79 Å². The summed E-state index contributed by atoms with van der Waals surface area (Å²) < 4.78 is 25.9. The van der Waals surface area contributed by atoms with Gasteiger partial charge in [0.05, 0.1) is 0 Å². The Morgan fingerprint density at radius 3 is 2.21 bits per heavy atom. The van der Waals surface area contributed by atoms with Crippen molar-refractivity contribution in [2.24, 2.45) is 11.3 Å². The topological polar surface area (TPSA) is 37.3 Å². The van der Waals surface area contributed by atoms with Crippen molar-refractivity contribution in [3.63, 3.8) is 0 Å². The minimum absolute atomic E-state index is 0.0276. The third-order valence-electron chi connectivity index (χ3n) is 3.74. The van der Waals surface area contributed by atoms with E-state index in [-0.39, 0.29) is 18.8 Å². The molecular formula is C10H14F2O2. The lowest BCUT2D eigenvalue weighted by Crippen LogP contribution is -2.22. The number of halogens is 2. The summed E-state index contributed by atoms with van der Waals surface area (Å²) in [6.45, 7) is 0. The van der Waals surface area contributed by atoms with Crippen LogP contribution in [-0.4, -0.2) is 17.0 Å². The molecule has 0 aliphatic heterocycles. The molecule has 0 bridgehead atoms. The lowest BCUT2D eigenvalue weighted by molar-refractivity contribution is -0.138. The van der Waals surface area contributed by atoms with E-state index in [2.05, 4.69) is 0 Å². The molecule has 80 valence electrons. The van der Waals surface area contributed by atoms with E-state index < -0.39 is 17.3 Å². The Morgan fingerprint density at radius 2 is 1.86 bits per heavy atom. The van der Waals surface area contributed by atoms with Crippen molar-refractivity contribution in [2.75, 3.05) is 0 Å². The van der Waals surface area contributed by atoms with E-state index in [0.717, 1.165) is 0 Å². The minimum Gasteiger partial charge on any atom is -0.481 e. The number of carbonyl (C=O) groups is 1. The highest BCUT2D eigenvalue weighted by atomic mass is 19.3. The summed E-state index contributed by atoms with van der Waals surface area (Å²) in [5.41, 5.74) is -0.734. The molecule has 0 saturated heterocycles. The molecule has 2 aliphatic rings. The summed E-state index contributed by atoms with van der Waals surface area (Å²) in [5.74, 6) is -3.15. The van der Waals surface area contributed by atoms with E-state index in [1.807, 2.05) is 0 Å². The fourth-order valence-corrected chi connectivity index (χ4v) is 2.60. The van der Waals surface area contributed by atoms with Crippen molar-refractivity contribution >= 4 is 5.97 Å². The SMILES string of the molecule is O=C(O)CC1CCC2(CC1)CC2(F)F. The molecule has 2 rings (SSSR count). The molecule has 1 N–H and O–H groups in total. The van der Waals surface area contributed by atoms with Crippen molar-refractivity contribution in [3.8, 4) is 0 Å².